The van der Waals surface area contributed by atoms with E-state index in [4.69, 9.17) is 9.05 Å². The molecule has 0 radical (unpaired) electrons. The number of nitrogens with one attached hydrogen (secondary N) is 1. The highest BCUT2D eigenvalue weighted by Crippen LogP contribution is 2.43. The van der Waals surface area contributed by atoms with Gasteiger partial charge in [0.25, 0.3) is 0 Å². The summed E-state index contributed by atoms with van der Waals surface area (Å²) in [5.74, 6) is -0.178. The lowest BCUT2D eigenvalue weighted by Gasteiger charge is -2.25. The molecule has 0 rings (SSSR count). The summed E-state index contributed by atoms with van der Waals surface area (Å²) < 4.78 is 23.8. The normalized spacial score (nSPS) is 13.7. The number of phosphoric ester groups is 1. The third-order valence-electron chi connectivity index (χ3n) is 16.7. The maximum atomic E-state index is 13.0. The van der Waals surface area contributed by atoms with Gasteiger partial charge in [-0.1, -0.05) is 359 Å². The predicted molar refractivity (Wildman–Crippen MR) is 351 cm³/mol. The van der Waals surface area contributed by atoms with Crippen LogP contribution in [0, 0.1) is 0 Å². The second-order valence-corrected chi connectivity index (χ2v) is 27.4. The number of hydrogen-bond acceptors (Lipinski definition) is 5. The van der Waals surface area contributed by atoms with E-state index in [-0.39, 0.29) is 19.1 Å². The van der Waals surface area contributed by atoms with E-state index in [1.54, 1.807) is 6.08 Å². The Morgan fingerprint density at radius 1 is 0.412 bits per heavy atom. The Hall–Kier alpha value is -1.02. The van der Waals surface area contributed by atoms with E-state index in [0.29, 0.717) is 17.4 Å². The highest BCUT2D eigenvalue weighted by molar-refractivity contribution is 7.47. The summed E-state index contributed by atoms with van der Waals surface area (Å²) in [6.07, 6.45) is 82.0. The summed E-state index contributed by atoms with van der Waals surface area (Å²) in [5.41, 5.74) is 0. The van der Waals surface area contributed by atoms with Crippen LogP contribution < -0.4 is 5.32 Å². The van der Waals surface area contributed by atoms with Gasteiger partial charge in [0.15, 0.2) is 0 Å². The van der Waals surface area contributed by atoms with Crippen LogP contribution in [-0.4, -0.2) is 73.4 Å². The summed E-state index contributed by atoms with van der Waals surface area (Å²) in [4.78, 5) is 23.4. The van der Waals surface area contributed by atoms with E-state index in [2.05, 4.69) is 31.3 Å². The summed E-state index contributed by atoms with van der Waals surface area (Å²) in [6.45, 7) is 4.87. The van der Waals surface area contributed by atoms with Crippen molar-refractivity contribution >= 4 is 13.7 Å². The highest BCUT2D eigenvalue weighted by atomic mass is 31.2. The lowest BCUT2D eigenvalue weighted by atomic mass is 10.0. The van der Waals surface area contributed by atoms with Crippen LogP contribution in [0.1, 0.15) is 373 Å². The SMILES string of the molecule is CCCCCCCCCCCCCCCCCCCCCCCCCC/C=C/CC/C=C/C(O)C(COP(=O)(O)OCC[N+](C)(C)C)NC(=O)CCCCCCCCCCCCCCCCCCCCCCCCCCCCCC. The van der Waals surface area contributed by atoms with Crippen molar-refractivity contribution in [2.75, 3.05) is 40.9 Å². The molecule has 1 amide bonds. The molecule has 476 valence electrons. The minimum atomic E-state index is -4.36. The Labute approximate surface area is 500 Å². The Bertz CT molecular complexity index is 1350. The van der Waals surface area contributed by atoms with Crippen LogP contribution in [0.15, 0.2) is 24.3 Å². The number of aliphatic hydroxyl groups is 1. The number of aliphatic hydroxyl groups excluding tert-OH is 1. The Morgan fingerprint density at radius 2 is 0.688 bits per heavy atom. The van der Waals surface area contributed by atoms with Gasteiger partial charge in [-0.25, -0.2) is 4.57 Å². The molecular formula is C71H142N2O6P+. The number of allylic oxidation sites excluding steroid dienone is 3. The Morgan fingerprint density at radius 3 is 1.00 bits per heavy atom. The molecule has 0 spiro atoms. The van der Waals surface area contributed by atoms with E-state index >= 15 is 0 Å². The molecule has 0 fully saturated rings. The molecular weight excluding hydrogens is 1010 g/mol. The van der Waals surface area contributed by atoms with E-state index in [0.717, 1.165) is 38.5 Å². The van der Waals surface area contributed by atoms with Gasteiger partial charge >= 0.3 is 7.82 Å². The Kier molecular flexibility index (Phi) is 61.7. The predicted octanol–water partition coefficient (Wildman–Crippen LogP) is 22.7. The molecule has 0 aliphatic rings. The number of hydrogen-bond donors (Lipinski definition) is 3. The van der Waals surface area contributed by atoms with Crippen molar-refractivity contribution in [3.63, 3.8) is 0 Å². The summed E-state index contributed by atoms with van der Waals surface area (Å²) in [7, 11) is 1.58. The van der Waals surface area contributed by atoms with Crippen LogP contribution >= 0.6 is 7.82 Å². The van der Waals surface area contributed by atoms with E-state index in [1.807, 2.05) is 27.2 Å². The second kappa shape index (κ2) is 62.5. The van der Waals surface area contributed by atoms with Crippen molar-refractivity contribution in [3.05, 3.63) is 24.3 Å². The number of quaternary nitrogens is 1. The van der Waals surface area contributed by atoms with Gasteiger partial charge in [0.1, 0.15) is 13.2 Å². The number of rotatable bonds is 67. The molecule has 0 bridgehead atoms. The summed E-state index contributed by atoms with van der Waals surface area (Å²) >= 11 is 0. The smallest absolute Gasteiger partial charge is 0.387 e. The number of unbranched alkanes of at least 4 members (excludes halogenated alkanes) is 52. The van der Waals surface area contributed by atoms with Crippen LogP contribution in [0.25, 0.3) is 0 Å². The summed E-state index contributed by atoms with van der Waals surface area (Å²) in [6, 6.07) is -0.862. The number of amides is 1. The molecule has 0 aromatic heterocycles. The van der Waals surface area contributed by atoms with Gasteiger partial charge in [-0.15, -0.1) is 0 Å². The molecule has 0 aliphatic heterocycles. The summed E-state index contributed by atoms with van der Waals surface area (Å²) in [5, 5.41) is 14.0. The molecule has 0 aromatic rings. The Balaban J connectivity index is 4.06. The maximum Gasteiger partial charge on any atom is 0.472 e. The van der Waals surface area contributed by atoms with Gasteiger partial charge in [-0.2, -0.15) is 0 Å². The van der Waals surface area contributed by atoms with Gasteiger partial charge in [0.2, 0.25) is 5.91 Å². The van der Waals surface area contributed by atoms with Crippen LogP contribution in [0.5, 0.6) is 0 Å². The van der Waals surface area contributed by atoms with Crippen molar-refractivity contribution in [2.45, 2.75) is 386 Å². The van der Waals surface area contributed by atoms with Gasteiger partial charge < -0.3 is 19.8 Å². The van der Waals surface area contributed by atoms with Crippen molar-refractivity contribution in [1.82, 2.24) is 5.32 Å². The maximum absolute atomic E-state index is 13.0. The first-order chi connectivity index (χ1) is 39.0. The topological polar surface area (TPSA) is 105 Å². The molecule has 3 N–H and O–H groups in total. The van der Waals surface area contributed by atoms with Crippen molar-refractivity contribution < 1.29 is 32.9 Å². The molecule has 0 heterocycles. The lowest BCUT2D eigenvalue weighted by Crippen LogP contribution is -2.45. The molecule has 80 heavy (non-hydrogen) atoms. The van der Waals surface area contributed by atoms with Crippen LogP contribution in [-0.2, 0) is 18.4 Å². The fourth-order valence-electron chi connectivity index (χ4n) is 11.1. The molecule has 0 saturated carbocycles. The molecule has 0 aromatic carbocycles. The fourth-order valence-corrected chi connectivity index (χ4v) is 11.9. The largest absolute Gasteiger partial charge is 0.472 e. The van der Waals surface area contributed by atoms with Crippen molar-refractivity contribution in [2.24, 2.45) is 0 Å². The van der Waals surface area contributed by atoms with Gasteiger partial charge in [0.05, 0.1) is 39.9 Å². The zero-order chi connectivity index (χ0) is 58.4. The van der Waals surface area contributed by atoms with Crippen molar-refractivity contribution in [3.8, 4) is 0 Å². The van der Waals surface area contributed by atoms with E-state index in [1.165, 1.54) is 315 Å². The molecule has 3 atom stereocenters. The average Bonchev–Trinajstić information content (AvgIpc) is 3.42. The molecule has 0 saturated heterocycles. The molecule has 3 unspecified atom stereocenters. The fraction of sp³-hybridized carbons (Fsp3) is 0.930. The first-order valence-electron chi connectivity index (χ1n) is 35.7. The van der Waals surface area contributed by atoms with Crippen LogP contribution in [0.2, 0.25) is 0 Å². The van der Waals surface area contributed by atoms with Gasteiger partial charge in [-0.3, -0.25) is 13.8 Å². The van der Waals surface area contributed by atoms with Gasteiger partial charge in [0, 0.05) is 6.42 Å². The lowest BCUT2D eigenvalue weighted by molar-refractivity contribution is -0.870. The first kappa shape index (κ1) is 79.0. The van der Waals surface area contributed by atoms with Crippen LogP contribution in [0.3, 0.4) is 0 Å². The zero-order valence-corrected chi connectivity index (χ0v) is 55.5. The van der Waals surface area contributed by atoms with E-state index < -0.39 is 20.0 Å². The first-order valence-corrected chi connectivity index (χ1v) is 37.2. The quantitative estimate of drug-likeness (QED) is 0.0243. The minimum absolute atomic E-state index is 0.0591. The zero-order valence-electron chi connectivity index (χ0n) is 54.6. The highest BCUT2D eigenvalue weighted by Gasteiger charge is 2.28. The minimum Gasteiger partial charge on any atom is -0.387 e. The molecule has 0 aliphatic carbocycles. The van der Waals surface area contributed by atoms with Crippen molar-refractivity contribution in [1.29, 1.82) is 0 Å². The third kappa shape index (κ3) is 64.5. The third-order valence-corrected chi connectivity index (χ3v) is 17.7. The molecule has 9 heteroatoms. The number of phosphoric acid groups is 1. The number of carbonyl (C=O) groups is 1. The second-order valence-electron chi connectivity index (χ2n) is 26.0. The average molecular weight is 1150 g/mol. The monoisotopic (exact) mass is 1150 g/mol. The number of carbonyl (C=O) groups excluding carboxylic acids is 1. The van der Waals surface area contributed by atoms with Gasteiger partial charge in [-0.05, 0) is 32.1 Å². The standard InChI is InChI=1S/C71H141N2O6P/c1-6-8-10-12-14-16-18-20-22-24-26-28-30-32-34-36-37-38-40-42-44-46-48-50-52-54-56-58-60-62-64-70(74)69(68-79-80(76,77)78-67-66-73(3,4)5)72-71(75)65-63-61-59-57-55-53-51-49-47-45-43-41-39-35-33-31-29-27-25-23-21-19-17-15-13-11-9-7-2/h54,56,62,64,69-70,74H,6-53,55,57-61,63,65-68H2,1-5H3,(H-,72,75,76,77)/p+1/b56-54+,64-62+. The number of nitrogens with zero attached hydrogens (tertiary/aromatic N) is 1. The number of likely N-dealkylation sites (N-methyl/N-ethyl adjacent to an activating group) is 1. The van der Waals surface area contributed by atoms with Crippen LogP contribution in [0.4, 0.5) is 0 Å². The molecule has 8 nitrogen and oxygen atoms in total. The van der Waals surface area contributed by atoms with E-state index in [9.17, 15) is 19.4 Å².